The van der Waals surface area contributed by atoms with Gasteiger partial charge in [-0.3, -0.25) is 0 Å². The zero-order valence-corrected chi connectivity index (χ0v) is 10.5. The van der Waals surface area contributed by atoms with Gasteiger partial charge in [-0.25, -0.2) is 0 Å². The summed E-state index contributed by atoms with van der Waals surface area (Å²) in [6.45, 7) is 6.51. The molecule has 1 aromatic carbocycles. The third-order valence-electron chi connectivity index (χ3n) is 2.60. The molecule has 0 saturated heterocycles. The summed E-state index contributed by atoms with van der Waals surface area (Å²) in [5, 5.41) is 0. The van der Waals surface area contributed by atoms with E-state index in [0.29, 0.717) is 6.61 Å². The van der Waals surface area contributed by atoms with Crippen molar-refractivity contribution in [2.24, 2.45) is 5.73 Å². The number of ether oxygens (including phenoxy) is 1. The fourth-order valence-corrected chi connectivity index (χ4v) is 1.65. The third kappa shape index (κ3) is 3.42. The molecule has 0 amide bonds. The van der Waals surface area contributed by atoms with Crippen LogP contribution in [0.5, 0.6) is 5.75 Å². The number of aryl methyl sites for hydroxylation is 1. The van der Waals surface area contributed by atoms with Crippen LogP contribution in [0.2, 0.25) is 0 Å². The minimum Gasteiger partial charge on any atom is -0.494 e. The summed E-state index contributed by atoms with van der Waals surface area (Å²) in [5.74, 6) is 0.971. The van der Waals surface area contributed by atoms with Crippen LogP contribution in [0, 0.1) is 6.92 Å². The summed E-state index contributed by atoms with van der Waals surface area (Å²) in [5.41, 5.74) is 7.90. The average Bonchev–Trinajstić information content (AvgIpc) is 2.29. The number of nitrogens with two attached hydrogens (primary N) is 1. The molecule has 0 unspecified atom stereocenters. The predicted octanol–water partition coefficient (Wildman–Crippen LogP) is 2.18. The third-order valence-corrected chi connectivity index (χ3v) is 2.60. The van der Waals surface area contributed by atoms with E-state index >= 15 is 0 Å². The van der Waals surface area contributed by atoms with Gasteiger partial charge in [0, 0.05) is 19.3 Å². The average molecular weight is 222 g/mol. The molecule has 0 aliphatic heterocycles. The van der Waals surface area contributed by atoms with Crippen LogP contribution in [0.25, 0.3) is 0 Å². The van der Waals surface area contributed by atoms with E-state index in [1.54, 1.807) is 0 Å². The summed E-state index contributed by atoms with van der Waals surface area (Å²) in [6, 6.07) is 6.28. The smallest absolute Gasteiger partial charge is 0.122 e. The van der Waals surface area contributed by atoms with Crippen LogP contribution in [0.3, 0.4) is 0 Å². The van der Waals surface area contributed by atoms with Crippen LogP contribution in [-0.2, 0) is 0 Å². The molecule has 0 fully saturated rings. The van der Waals surface area contributed by atoms with Crippen LogP contribution in [0.15, 0.2) is 18.2 Å². The summed E-state index contributed by atoms with van der Waals surface area (Å²) >= 11 is 0. The zero-order chi connectivity index (χ0) is 12.0. The highest BCUT2D eigenvalue weighted by Crippen LogP contribution is 2.23. The Hall–Kier alpha value is -1.22. The van der Waals surface area contributed by atoms with Crippen molar-refractivity contribution < 1.29 is 4.74 Å². The predicted molar refractivity (Wildman–Crippen MR) is 69.3 cm³/mol. The zero-order valence-electron chi connectivity index (χ0n) is 10.5. The summed E-state index contributed by atoms with van der Waals surface area (Å²) in [7, 11) is 2.09. The molecule has 0 aliphatic rings. The van der Waals surface area contributed by atoms with Gasteiger partial charge in [-0.05, 0) is 50.6 Å². The number of hydrogen-bond acceptors (Lipinski definition) is 3. The summed E-state index contributed by atoms with van der Waals surface area (Å²) in [6.07, 6.45) is 1.02. The van der Waals surface area contributed by atoms with Gasteiger partial charge in [0.25, 0.3) is 0 Å². The lowest BCUT2D eigenvalue weighted by Crippen LogP contribution is -2.21. The molecule has 90 valence electrons. The van der Waals surface area contributed by atoms with Gasteiger partial charge in [-0.1, -0.05) is 0 Å². The Bertz CT molecular complexity index is 326. The number of nitrogens with zero attached hydrogens (tertiary/aromatic N) is 1. The fraction of sp³-hybridized carbons (Fsp3) is 0.538. The molecule has 1 aromatic rings. The molecule has 0 bridgehead atoms. The van der Waals surface area contributed by atoms with Gasteiger partial charge < -0.3 is 15.4 Å². The van der Waals surface area contributed by atoms with Gasteiger partial charge in [-0.2, -0.15) is 0 Å². The first kappa shape index (κ1) is 12.8. The summed E-state index contributed by atoms with van der Waals surface area (Å²) < 4.78 is 5.51. The second-order valence-corrected chi connectivity index (χ2v) is 3.95. The van der Waals surface area contributed by atoms with Gasteiger partial charge in [-0.15, -0.1) is 0 Å². The molecule has 0 atom stereocenters. The second kappa shape index (κ2) is 6.38. The van der Waals surface area contributed by atoms with E-state index in [9.17, 15) is 0 Å². The molecule has 0 saturated carbocycles. The van der Waals surface area contributed by atoms with E-state index in [1.165, 1.54) is 11.3 Å². The maximum absolute atomic E-state index is 5.51. The number of benzene rings is 1. The lowest BCUT2D eigenvalue weighted by Gasteiger charge is -2.20. The lowest BCUT2D eigenvalue weighted by atomic mass is 10.2. The molecule has 2 N–H and O–H groups in total. The maximum Gasteiger partial charge on any atom is 0.122 e. The molecular formula is C13H22N2O. The molecule has 0 aromatic heterocycles. The van der Waals surface area contributed by atoms with Crippen molar-refractivity contribution in [1.82, 2.24) is 0 Å². The maximum atomic E-state index is 5.51. The Morgan fingerprint density at radius 3 is 2.69 bits per heavy atom. The number of rotatable bonds is 6. The largest absolute Gasteiger partial charge is 0.494 e. The van der Waals surface area contributed by atoms with Crippen LogP contribution >= 0.6 is 0 Å². The molecular weight excluding hydrogens is 200 g/mol. The van der Waals surface area contributed by atoms with Crippen molar-refractivity contribution in [2.45, 2.75) is 20.3 Å². The highest BCUT2D eigenvalue weighted by Gasteiger charge is 2.04. The minimum absolute atomic E-state index is 0.712. The van der Waals surface area contributed by atoms with E-state index < -0.39 is 0 Å². The first-order valence-corrected chi connectivity index (χ1v) is 5.83. The van der Waals surface area contributed by atoms with Crippen molar-refractivity contribution >= 4 is 5.69 Å². The Labute approximate surface area is 98.2 Å². The van der Waals surface area contributed by atoms with E-state index in [-0.39, 0.29) is 0 Å². The van der Waals surface area contributed by atoms with Crippen LogP contribution in [0.1, 0.15) is 18.9 Å². The van der Waals surface area contributed by atoms with Crippen LogP contribution in [-0.4, -0.2) is 26.7 Å². The molecule has 0 heterocycles. The lowest BCUT2D eigenvalue weighted by molar-refractivity contribution is 0.338. The molecule has 16 heavy (non-hydrogen) atoms. The Balaban J connectivity index is 2.71. The Kier molecular flexibility index (Phi) is 5.12. The van der Waals surface area contributed by atoms with Gasteiger partial charge in [0.05, 0.1) is 6.61 Å². The standard InChI is InChI=1S/C13H22N2O/c1-4-16-13-7-6-12(10-11(13)2)15(3)9-5-8-14/h6-7,10H,4-5,8-9,14H2,1-3H3. The van der Waals surface area contributed by atoms with Gasteiger partial charge in [0.1, 0.15) is 5.75 Å². The molecule has 3 nitrogen and oxygen atoms in total. The first-order chi connectivity index (χ1) is 7.69. The second-order valence-electron chi connectivity index (χ2n) is 3.95. The van der Waals surface area contributed by atoms with E-state index in [1.807, 2.05) is 13.0 Å². The van der Waals surface area contributed by atoms with E-state index in [4.69, 9.17) is 10.5 Å². The van der Waals surface area contributed by atoms with E-state index in [0.717, 1.165) is 25.3 Å². The van der Waals surface area contributed by atoms with Crippen LogP contribution in [0.4, 0.5) is 5.69 Å². The highest BCUT2D eigenvalue weighted by molar-refractivity contribution is 5.52. The van der Waals surface area contributed by atoms with Gasteiger partial charge >= 0.3 is 0 Å². The monoisotopic (exact) mass is 222 g/mol. The Morgan fingerprint density at radius 2 is 2.12 bits per heavy atom. The van der Waals surface area contributed by atoms with E-state index in [2.05, 4.69) is 31.0 Å². The van der Waals surface area contributed by atoms with Crippen molar-refractivity contribution in [3.05, 3.63) is 23.8 Å². The molecule has 3 heteroatoms. The number of anilines is 1. The van der Waals surface area contributed by atoms with Crippen molar-refractivity contribution in [2.75, 3.05) is 31.6 Å². The van der Waals surface area contributed by atoms with Crippen molar-refractivity contribution in [3.63, 3.8) is 0 Å². The molecule has 0 aliphatic carbocycles. The SMILES string of the molecule is CCOc1ccc(N(C)CCCN)cc1C. The van der Waals surface area contributed by atoms with Crippen LogP contribution < -0.4 is 15.4 Å². The topological polar surface area (TPSA) is 38.5 Å². The van der Waals surface area contributed by atoms with Crippen molar-refractivity contribution in [1.29, 1.82) is 0 Å². The number of hydrogen-bond donors (Lipinski definition) is 1. The summed E-state index contributed by atoms with van der Waals surface area (Å²) in [4.78, 5) is 2.22. The van der Waals surface area contributed by atoms with Crippen molar-refractivity contribution in [3.8, 4) is 5.75 Å². The van der Waals surface area contributed by atoms with Gasteiger partial charge in [0.2, 0.25) is 0 Å². The molecule has 1 rings (SSSR count). The fourth-order valence-electron chi connectivity index (χ4n) is 1.65. The molecule has 0 spiro atoms. The van der Waals surface area contributed by atoms with Gasteiger partial charge in [0.15, 0.2) is 0 Å². The quantitative estimate of drug-likeness (QED) is 0.801. The minimum atomic E-state index is 0.712. The normalized spacial score (nSPS) is 10.2. The highest BCUT2D eigenvalue weighted by atomic mass is 16.5. The first-order valence-electron chi connectivity index (χ1n) is 5.83. The Morgan fingerprint density at radius 1 is 1.38 bits per heavy atom. The molecule has 0 radical (unpaired) electrons.